The number of alkyl halides is 1. The Balaban J connectivity index is 1.46. The highest BCUT2D eigenvalue weighted by molar-refractivity contribution is 7.92. The number of hydrogen-bond acceptors (Lipinski definition) is 9. The Morgan fingerprint density at radius 2 is 2.22 bits per heavy atom. The van der Waals surface area contributed by atoms with Crippen LogP contribution in [0.25, 0.3) is 0 Å². The van der Waals surface area contributed by atoms with Gasteiger partial charge in [0.05, 0.1) is 37.0 Å². The van der Waals surface area contributed by atoms with Crippen LogP contribution in [0.4, 0.5) is 15.9 Å². The monoisotopic (exact) mass is 525 g/mol. The highest BCUT2D eigenvalue weighted by atomic mass is 32.2. The quantitative estimate of drug-likeness (QED) is 0.168. The predicted molar refractivity (Wildman–Crippen MR) is 140 cm³/mol. The summed E-state index contributed by atoms with van der Waals surface area (Å²) in [5.74, 6) is -0.304. The number of nitrogens with one attached hydrogen (secondary N) is 1. The summed E-state index contributed by atoms with van der Waals surface area (Å²) in [5, 5.41) is 12.8. The van der Waals surface area contributed by atoms with Gasteiger partial charge < -0.3 is 14.4 Å². The van der Waals surface area contributed by atoms with Gasteiger partial charge in [0.25, 0.3) is 0 Å². The van der Waals surface area contributed by atoms with E-state index in [1.165, 1.54) is 23.5 Å². The molecule has 0 saturated heterocycles. The standard InChI is InChI=1S/C25H28FN7O3S/c1-3-23(34)32(2)18-6-4-5-16(9-18)13-33-8-7-21(31-33)24(35)19-12-28-15-29-25(19)30-22-11-17(10-20(22)26)14-36-37-27/h3-9,12,15,17,20,22H,1,10-11,13-14,27H2,2H3,(H,28,29,30). The van der Waals surface area contributed by atoms with Crippen LogP contribution in [0.3, 0.4) is 0 Å². The number of anilines is 2. The molecule has 4 rings (SSSR count). The van der Waals surface area contributed by atoms with Gasteiger partial charge in [-0.2, -0.15) is 5.10 Å². The Kier molecular flexibility index (Phi) is 8.64. The van der Waals surface area contributed by atoms with Crippen LogP contribution < -0.4 is 15.4 Å². The normalized spacial score (nSPS) is 18.9. The van der Waals surface area contributed by atoms with Gasteiger partial charge in [0.2, 0.25) is 11.7 Å². The second kappa shape index (κ2) is 12.1. The van der Waals surface area contributed by atoms with Crippen molar-refractivity contribution in [3.63, 3.8) is 0 Å². The number of benzene rings is 1. The lowest BCUT2D eigenvalue weighted by molar-refractivity contribution is -0.113. The third-order valence-corrected chi connectivity index (χ3v) is 6.53. The highest BCUT2D eigenvalue weighted by Crippen LogP contribution is 2.32. The summed E-state index contributed by atoms with van der Waals surface area (Å²) in [6.07, 6.45) is 5.43. The Morgan fingerprint density at radius 1 is 1.38 bits per heavy atom. The molecule has 3 N–H and O–H groups in total. The number of carbonyl (C=O) groups excluding carboxylic acids is 2. The Bertz CT molecular complexity index is 1270. The fourth-order valence-electron chi connectivity index (χ4n) is 4.32. The van der Waals surface area contributed by atoms with Gasteiger partial charge in [0.1, 0.15) is 24.0 Å². The Hall–Kier alpha value is -3.61. The van der Waals surface area contributed by atoms with Crippen molar-refractivity contribution in [3.05, 3.63) is 78.5 Å². The van der Waals surface area contributed by atoms with E-state index in [0.29, 0.717) is 26.0 Å². The molecule has 1 fully saturated rings. The van der Waals surface area contributed by atoms with Gasteiger partial charge in [0.15, 0.2) is 0 Å². The third-order valence-electron chi connectivity index (χ3n) is 6.25. The van der Waals surface area contributed by atoms with Crippen molar-refractivity contribution in [1.82, 2.24) is 19.7 Å². The summed E-state index contributed by atoms with van der Waals surface area (Å²) in [7, 11) is 1.67. The first-order valence-electron chi connectivity index (χ1n) is 11.7. The fourth-order valence-corrected chi connectivity index (χ4v) is 4.59. The van der Waals surface area contributed by atoms with Crippen LogP contribution in [0.2, 0.25) is 0 Å². The average molecular weight is 526 g/mol. The maximum atomic E-state index is 14.6. The third kappa shape index (κ3) is 6.40. The Morgan fingerprint density at radius 3 is 3.00 bits per heavy atom. The number of rotatable bonds is 11. The molecule has 2 aromatic heterocycles. The molecule has 3 atom stereocenters. The van der Waals surface area contributed by atoms with Crippen molar-refractivity contribution in [2.75, 3.05) is 23.9 Å². The average Bonchev–Trinajstić information content (AvgIpc) is 3.52. The van der Waals surface area contributed by atoms with Gasteiger partial charge in [-0.05, 0) is 48.6 Å². The lowest BCUT2D eigenvalue weighted by Crippen LogP contribution is -2.27. The molecule has 3 aromatic rings. The number of halogens is 1. The van der Waals surface area contributed by atoms with E-state index in [-0.39, 0.29) is 34.7 Å². The minimum Gasteiger partial charge on any atom is -0.364 e. The zero-order valence-corrected chi connectivity index (χ0v) is 21.1. The van der Waals surface area contributed by atoms with E-state index in [1.807, 2.05) is 24.3 Å². The minimum absolute atomic E-state index is 0.0217. The van der Waals surface area contributed by atoms with Crippen LogP contribution >= 0.6 is 12.2 Å². The molecule has 1 saturated carbocycles. The van der Waals surface area contributed by atoms with Crippen LogP contribution in [-0.4, -0.2) is 57.3 Å². The van der Waals surface area contributed by atoms with Crippen LogP contribution in [0.15, 0.2) is 61.7 Å². The van der Waals surface area contributed by atoms with E-state index in [1.54, 1.807) is 24.0 Å². The molecule has 10 nitrogen and oxygen atoms in total. The van der Waals surface area contributed by atoms with E-state index in [9.17, 15) is 14.0 Å². The number of ketones is 1. The lowest BCUT2D eigenvalue weighted by atomic mass is 10.1. The summed E-state index contributed by atoms with van der Waals surface area (Å²) in [6, 6.07) is 8.56. The van der Waals surface area contributed by atoms with Crippen molar-refractivity contribution in [3.8, 4) is 0 Å². The van der Waals surface area contributed by atoms with Crippen molar-refractivity contribution in [1.29, 1.82) is 0 Å². The topological polar surface area (TPSA) is 128 Å². The summed E-state index contributed by atoms with van der Waals surface area (Å²) in [4.78, 5) is 34.9. The molecule has 1 aliphatic rings. The first kappa shape index (κ1) is 26.5. The lowest BCUT2D eigenvalue weighted by Gasteiger charge is -2.17. The number of likely N-dealkylation sites (N-methyl/N-ethyl adjacent to an activating group) is 1. The van der Waals surface area contributed by atoms with Crippen molar-refractivity contribution < 1.29 is 18.2 Å². The minimum atomic E-state index is -1.11. The molecule has 0 bridgehead atoms. The summed E-state index contributed by atoms with van der Waals surface area (Å²) < 4.78 is 21.4. The smallest absolute Gasteiger partial charge is 0.250 e. The molecule has 3 unspecified atom stereocenters. The molecule has 2 heterocycles. The molecule has 37 heavy (non-hydrogen) atoms. The van der Waals surface area contributed by atoms with Crippen LogP contribution in [0, 0.1) is 5.92 Å². The number of carbonyl (C=O) groups is 2. The van der Waals surface area contributed by atoms with Crippen LogP contribution in [0.1, 0.15) is 34.5 Å². The molecule has 0 aliphatic heterocycles. The summed E-state index contributed by atoms with van der Waals surface area (Å²) in [6.45, 7) is 4.26. The van der Waals surface area contributed by atoms with Crippen molar-refractivity contribution in [2.24, 2.45) is 11.1 Å². The summed E-state index contributed by atoms with van der Waals surface area (Å²) in [5.41, 5.74) is 2.04. The molecular formula is C25H28FN7O3S. The maximum Gasteiger partial charge on any atom is 0.250 e. The fraction of sp³-hybridized carbons (Fsp3) is 0.320. The molecule has 1 amide bonds. The van der Waals surface area contributed by atoms with Crippen molar-refractivity contribution >= 4 is 35.4 Å². The molecule has 194 valence electrons. The van der Waals surface area contributed by atoms with E-state index in [0.717, 1.165) is 23.5 Å². The number of hydrogen-bond donors (Lipinski definition) is 2. The van der Waals surface area contributed by atoms with E-state index < -0.39 is 12.2 Å². The van der Waals surface area contributed by atoms with Crippen molar-refractivity contribution in [2.45, 2.75) is 31.6 Å². The van der Waals surface area contributed by atoms with Gasteiger partial charge >= 0.3 is 0 Å². The SMILES string of the molecule is C=CC(=O)N(C)c1cccc(Cn2ccc(C(=O)c3cncnc3NC3CC(COSN)CC3F)n2)c1. The van der Waals surface area contributed by atoms with Gasteiger partial charge in [-0.1, -0.05) is 18.7 Å². The van der Waals surface area contributed by atoms with E-state index in [2.05, 4.69) is 27.0 Å². The molecule has 0 spiro atoms. The molecule has 0 radical (unpaired) electrons. The molecule has 1 aliphatic carbocycles. The van der Waals surface area contributed by atoms with Gasteiger partial charge in [-0.3, -0.25) is 19.4 Å². The van der Waals surface area contributed by atoms with Gasteiger partial charge in [0, 0.05) is 25.1 Å². The zero-order chi connectivity index (χ0) is 26.4. The largest absolute Gasteiger partial charge is 0.364 e. The second-order valence-corrected chi connectivity index (χ2v) is 9.20. The number of nitrogens with two attached hydrogens (primary N) is 1. The number of amides is 1. The van der Waals surface area contributed by atoms with Gasteiger partial charge in [-0.15, -0.1) is 0 Å². The molecule has 12 heteroatoms. The maximum absolute atomic E-state index is 14.6. The Labute approximate surface area is 218 Å². The van der Waals surface area contributed by atoms with Crippen LogP contribution in [0.5, 0.6) is 0 Å². The predicted octanol–water partition coefficient (Wildman–Crippen LogP) is 3.17. The van der Waals surface area contributed by atoms with Gasteiger partial charge in [-0.25, -0.2) is 14.4 Å². The molecule has 1 aromatic carbocycles. The van der Waals surface area contributed by atoms with E-state index in [4.69, 9.17) is 9.32 Å². The van der Waals surface area contributed by atoms with E-state index >= 15 is 0 Å². The number of nitrogens with zero attached hydrogens (tertiary/aromatic N) is 5. The number of aromatic nitrogens is 4. The highest BCUT2D eigenvalue weighted by Gasteiger charge is 2.35. The second-order valence-electron chi connectivity index (χ2n) is 8.77. The summed E-state index contributed by atoms with van der Waals surface area (Å²) >= 11 is 0.769. The molecular weight excluding hydrogens is 497 g/mol. The first-order chi connectivity index (χ1) is 17.9. The zero-order valence-electron chi connectivity index (χ0n) is 20.3. The first-order valence-corrected chi connectivity index (χ1v) is 12.5. The van der Waals surface area contributed by atoms with Crippen LogP contribution in [-0.2, 0) is 15.5 Å².